The average Bonchev–Trinajstić information content (AvgIpc) is 3.56. The van der Waals surface area contributed by atoms with Crippen molar-refractivity contribution in [2.45, 2.75) is 45.1 Å². The Hall–Kier alpha value is -2.64. The molecule has 7 heteroatoms. The van der Waals surface area contributed by atoms with Crippen LogP contribution in [0.5, 0.6) is 5.75 Å². The maximum atomic E-state index is 13.2. The number of nitrogens with zero attached hydrogens (tertiary/aromatic N) is 1. The molecule has 0 aliphatic heterocycles. The van der Waals surface area contributed by atoms with Crippen LogP contribution in [0.2, 0.25) is 0 Å². The molecule has 0 radical (unpaired) electrons. The quantitative estimate of drug-likeness (QED) is 0.562. The maximum absolute atomic E-state index is 13.2. The summed E-state index contributed by atoms with van der Waals surface area (Å²) in [6.07, 6.45) is 6.55. The summed E-state index contributed by atoms with van der Waals surface area (Å²) in [5, 5.41) is 10.0. The summed E-state index contributed by atoms with van der Waals surface area (Å²) >= 11 is 1.76. The fourth-order valence-corrected chi connectivity index (χ4v) is 5.93. The third-order valence-electron chi connectivity index (χ3n) is 6.50. The van der Waals surface area contributed by atoms with Gasteiger partial charge in [0.25, 0.3) is 0 Å². The number of aliphatic hydroxyl groups is 1. The number of rotatable bonds is 6. The van der Waals surface area contributed by atoms with E-state index in [4.69, 9.17) is 9.47 Å². The van der Waals surface area contributed by atoms with E-state index in [2.05, 4.69) is 6.07 Å². The van der Waals surface area contributed by atoms with Crippen molar-refractivity contribution in [3.63, 3.8) is 0 Å². The van der Waals surface area contributed by atoms with E-state index >= 15 is 0 Å². The van der Waals surface area contributed by atoms with E-state index < -0.39 is 5.97 Å². The Bertz CT molecular complexity index is 1250. The molecule has 2 aliphatic rings. The van der Waals surface area contributed by atoms with Gasteiger partial charge in [-0.3, -0.25) is 4.79 Å². The second-order valence-corrected chi connectivity index (χ2v) is 9.76. The first-order valence-corrected chi connectivity index (χ1v) is 12.0. The number of pyridine rings is 1. The fraction of sp³-hybridized carbons (Fsp3) is 0.440. The van der Waals surface area contributed by atoms with Gasteiger partial charge in [0.15, 0.2) is 5.75 Å². The molecular formula is C25H27NO5S. The number of hydrogen-bond acceptors (Lipinski definition) is 6. The molecule has 0 saturated heterocycles. The lowest BCUT2D eigenvalue weighted by atomic mass is 9.89. The number of aromatic nitrogens is 1. The first-order chi connectivity index (χ1) is 15.5. The molecule has 1 aromatic carbocycles. The van der Waals surface area contributed by atoms with Gasteiger partial charge in [0, 0.05) is 34.2 Å². The average molecular weight is 454 g/mol. The highest BCUT2D eigenvalue weighted by Gasteiger charge is 2.30. The summed E-state index contributed by atoms with van der Waals surface area (Å²) in [4.78, 5) is 28.1. The van der Waals surface area contributed by atoms with Gasteiger partial charge in [-0.15, -0.1) is 11.3 Å². The topological polar surface area (TPSA) is 77.8 Å². The monoisotopic (exact) mass is 453 g/mol. The van der Waals surface area contributed by atoms with Gasteiger partial charge < -0.3 is 19.1 Å². The smallest absolute Gasteiger partial charge is 0.343 e. The molecule has 32 heavy (non-hydrogen) atoms. The number of aliphatic hydroxyl groups excluding tert-OH is 1. The lowest BCUT2D eigenvalue weighted by molar-refractivity contribution is 0.0524. The molecule has 0 bridgehead atoms. The number of ether oxygens (including phenoxy) is 2. The third kappa shape index (κ3) is 3.53. The molecule has 1 atom stereocenters. The van der Waals surface area contributed by atoms with Gasteiger partial charge >= 0.3 is 5.97 Å². The molecule has 168 valence electrons. The maximum Gasteiger partial charge on any atom is 0.343 e. The van der Waals surface area contributed by atoms with Crippen LogP contribution in [0.15, 0.2) is 29.2 Å². The number of hydrogen-bond donors (Lipinski definition) is 1. The summed E-state index contributed by atoms with van der Waals surface area (Å²) in [5.74, 6) is 0.408. The van der Waals surface area contributed by atoms with Crippen LogP contribution >= 0.6 is 11.3 Å². The number of thiophene rings is 1. The van der Waals surface area contributed by atoms with Crippen LogP contribution in [0.25, 0.3) is 21.3 Å². The van der Waals surface area contributed by atoms with Crippen molar-refractivity contribution in [2.75, 3.05) is 20.3 Å². The van der Waals surface area contributed by atoms with Crippen molar-refractivity contribution in [3.8, 4) is 16.2 Å². The normalized spacial score (nSPS) is 17.9. The number of carbonyl (C=O) groups is 1. The molecule has 2 heterocycles. The molecule has 3 aromatic rings. The van der Waals surface area contributed by atoms with Crippen molar-refractivity contribution in [3.05, 3.63) is 50.6 Å². The highest BCUT2D eigenvalue weighted by atomic mass is 32.1. The van der Waals surface area contributed by atoms with Crippen LogP contribution in [-0.2, 0) is 17.6 Å². The van der Waals surface area contributed by atoms with Gasteiger partial charge in [0.05, 0.1) is 24.6 Å². The van der Waals surface area contributed by atoms with E-state index in [1.807, 2.05) is 16.7 Å². The Morgan fingerprint density at radius 2 is 2.09 bits per heavy atom. The Kier molecular flexibility index (Phi) is 5.55. The van der Waals surface area contributed by atoms with Gasteiger partial charge in [0.2, 0.25) is 5.43 Å². The molecular weight excluding hydrogens is 426 g/mol. The largest absolute Gasteiger partial charge is 0.494 e. The van der Waals surface area contributed by atoms with Gasteiger partial charge in [-0.2, -0.15) is 0 Å². The number of carbonyl (C=O) groups excluding carboxylic acids is 1. The minimum Gasteiger partial charge on any atom is -0.494 e. The van der Waals surface area contributed by atoms with Crippen LogP contribution < -0.4 is 10.2 Å². The summed E-state index contributed by atoms with van der Waals surface area (Å²) in [6.45, 7) is 2.18. The van der Waals surface area contributed by atoms with Crippen LogP contribution in [0, 0.1) is 5.92 Å². The van der Waals surface area contributed by atoms with Crippen molar-refractivity contribution in [1.82, 2.24) is 4.57 Å². The van der Waals surface area contributed by atoms with Crippen molar-refractivity contribution in [2.24, 2.45) is 5.92 Å². The fourth-order valence-electron chi connectivity index (χ4n) is 4.70. The SMILES string of the molecule is CCOC(=O)c1cn(C2CC2)c2c(OC)c(-c3cc4c(s3)CCC(CO)C4)ccc2c1=O. The van der Waals surface area contributed by atoms with Gasteiger partial charge in [-0.25, -0.2) is 4.79 Å². The van der Waals surface area contributed by atoms with Gasteiger partial charge in [0.1, 0.15) is 5.56 Å². The molecule has 6 nitrogen and oxygen atoms in total. The van der Waals surface area contributed by atoms with Crippen molar-refractivity contribution < 1.29 is 19.4 Å². The van der Waals surface area contributed by atoms with E-state index in [0.717, 1.165) is 48.1 Å². The predicted molar refractivity (Wildman–Crippen MR) is 125 cm³/mol. The molecule has 5 rings (SSSR count). The Morgan fingerprint density at radius 1 is 1.28 bits per heavy atom. The zero-order chi connectivity index (χ0) is 22.4. The predicted octanol–water partition coefficient (Wildman–Crippen LogP) is 4.35. The Morgan fingerprint density at radius 3 is 2.78 bits per heavy atom. The second kappa shape index (κ2) is 8.37. The molecule has 0 spiro atoms. The third-order valence-corrected chi connectivity index (χ3v) is 7.77. The zero-order valence-corrected chi connectivity index (χ0v) is 19.2. The highest BCUT2D eigenvalue weighted by molar-refractivity contribution is 7.15. The number of fused-ring (bicyclic) bond motifs is 2. The Balaban J connectivity index is 1.69. The van der Waals surface area contributed by atoms with Gasteiger partial charge in [-0.05, 0) is 68.7 Å². The number of aryl methyl sites for hydroxylation is 1. The van der Waals surface area contributed by atoms with Crippen LogP contribution in [-0.4, -0.2) is 36.0 Å². The molecule has 1 fully saturated rings. The zero-order valence-electron chi connectivity index (χ0n) is 18.3. The van der Waals surface area contributed by atoms with E-state index in [0.29, 0.717) is 17.1 Å². The summed E-state index contributed by atoms with van der Waals surface area (Å²) in [5.41, 5.74) is 2.75. The number of benzene rings is 1. The van der Waals surface area contributed by atoms with Crippen molar-refractivity contribution in [1.29, 1.82) is 0 Å². The number of methoxy groups -OCH3 is 1. The van der Waals surface area contributed by atoms with E-state index in [1.165, 1.54) is 10.4 Å². The van der Waals surface area contributed by atoms with E-state index in [-0.39, 0.29) is 30.2 Å². The first-order valence-electron chi connectivity index (χ1n) is 11.2. The van der Waals surface area contributed by atoms with E-state index in [9.17, 15) is 14.7 Å². The molecule has 2 aromatic heterocycles. The standard InChI is InChI=1S/C25H27NO5S/c1-3-31-25(29)19-12-26(16-5-6-16)22-18(23(19)28)8-7-17(24(22)30-2)21-11-15-10-14(13-27)4-9-20(15)32-21/h7-8,11-12,14,16,27H,3-6,9-10,13H2,1-2H3. The molecule has 1 saturated carbocycles. The number of esters is 1. The van der Waals surface area contributed by atoms with Crippen LogP contribution in [0.1, 0.15) is 53.0 Å². The minimum atomic E-state index is -0.582. The van der Waals surface area contributed by atoms with E-state index in [1.54, 1.807) is 31.6 Å². The Labute approximate surface area is 190 Å². The minimum absolute atomic E-state index is 0.0719. The van der Waals surface area contributed by atoms with Crippen molar-refractivity contribution >= 4 is 28.2 Å². The molecule has 2 aliphatic carbocycles. The summed E-state index contributed by atoms with van der Waals surface area (Å²) < 4.78 is 13.1. The van der Waals surface area contributed by atoms with Gasteiger partial charge in [-0.1, -0.05) is 0 Å². The first kappa shape index (κ1) is 21.2. The summed E-state index contributed by atoms with van der Waals surface area (Å²) in [7, 11) is 1.63. The van der Waals surface area contributed by atoms with Crippen LogP contribution in [0.4, 0.5) is 0 Å². The second-order valence-electron chi connectivity index (χ2n) is 8.62. The molecule has 1 N–H and O–H groups in total. The summed E-state index contributed by atoms with van der Waals surface area (Å²) in [6, 6.07) is 6.19. The van der Waals surface area contributed by atoms with Crippen LogP contribution in [0.3, 0.4) is 0 Å². The molecule has 1 unspecified atom stereocenters. The molecule has 0 amide bonds. The lowest BCUT2D eigenvalue weighted by Crippen LogP contribution is -2.21. The highest BCUT2D eigenvalue weighted by Crippen LogP contribution is 2.45. The lowest BCUT2D eigenvalue weighted by Gasteiger charge is -2.19.